The molecule has 0 radical (unpaired) electrons. The smallest absolute Gasteiger partial charge is 0.410 e. The van der Waals surface area contributed by atoms with Crippen molar-refractivity contribution in [3.05, 3.63) is 0 Å². The van der Waals surface area contributed by atoms with Gasteiger partial charge in [0.2, 0.25) is 0 Å². The maximum atomic E-state index is 11.9. The van der Waals surface area contributed by atoms with Gasteiger partial charge in [-0.05, 0) is 33.6 Å². The molecule has 0 aliphatic carbocycles. The van der Waals surface area contributed by atoms with E-state index in [0.717, 1.165) is 25.8 Å². The summed E-state index contributed by atoms with van der Waals surface area (Å²) in [4.78, 5) is 13.6. The van der Waals surface area contributed by atoms with E-state index in [9.17, 15) is 4.79 Å². The zero-order valence-corrected chi connectivity index (χ0v) is 10.5. The Morgan fingerprint density at radius 2 is 2.12 bits per heavy atom. The Morgan fingerprint density at radius 3 is 2.69 bits per heavy atom. The first kappa shape index (κ1) is 12.9. The Kier molecular flexibility index (Phi) is 4.23. The third kappa shape index (κ3) is 4.14. The van der Waals surface area contributed by atoms with Crippen LogP contribution in [0.25, 0.3) is 0 Å². The quantitative estimate of drug-likeness (QED) is 0.591. The van der Waals surface area contributed by atoms with E-state index in [1.54, 1.807) is 4.90 Å². The highest BCUT2D eigenvalue weighted by atomic mass is 16.6. The summed E-state index contributed by atoms with van der Waals surface area (Å²) < 4.78 is 5.34. The topological polar surface area (TPSA) is 29.5 Å². The number of likely N-dealkylation sites (tertiary alicyclic amines) is 1. The number of carbonyl (C=O) groups is 1. The molecule has 0 aromatic rings. The lowest BCUT2D eigenvalue weighted by atomic mass is 10.1. The molecule has 3 nitrogen and oxygen atoms in total. The second kappa shape index (κ2) is 5.25. The normalized spacial score (nSPS) is 22.1. The van der Waals surface area contributed by atoms with Crippen molar-refractivity contribution in [2.45, 2.75) is 45.6 Å². The first-order valence-electron chi connectivity index (χ1n) is 5.86. The van der Waals surface area contributed by atoms with Crippen molar-refractivity contribution in [1.82, 2.24) is 4.90 Å². The average molecular weight is 223 g/mol. The van der Waals surface area contributed by atoms with Crippen LogP contribution in [0.3, 0.4) is 0 Å². The zero-order valence-electron chi connectivity index (χ0n) is 10.5. The Labute approximate surface area is 98.1 Å². The highest BCUT2D eigenvalue weighted by Gasteiger charge is 2.25. The SMILES string of the molecule is C#C[C@@H]1CCCCN(C(=O)OC(C)(C)C)C1. The van der Waals surface area contributed by atoms with E-state index in [-0.39, 0.29) is 12.0 Å². The molecular formula is C13H21NO2. The van der Waals surface area contributed by atoms with E-state index >= 15 is 0 Å². The van der Waals surface area contributed by atoms with Gasteiger partial charge in [0.25, 0.3) is 0 Å². The van der Waals surface area contributed by atoms with Crippen molar-refractivity contribution >= 4 is 6.09 Å². The number of amides is 1. The van der Waals surface area contributed by atoms with Crippen molar-refractivity contribution in [1.29, 1.82) is 0 Å². The van der Waals surface area contributed by atoms with Crippen LogP contribution in [0.4, 0.5) is 4.79 Å². The van der Waals surface area contributed by atoms with Crippen LogP contribution in [0.5, 0.6) is 0 Å². The standard InChI is InChI=1S/C13H21NO2/c1-5-11-8-6-7-9-14(10-11)12(15)16-13(2,3)4/h1,11H,6-10H2,2-4H3/t11-/m1/s1. The number of rotatable bonds is 0. The van der Waals surface area contributed by atoms with Gasteiger partial charge >= 0.3 is 6.09 Å². The molecule has 1 aliphatic heterocycles. The number of carbonyl (C=O) groups excluding carboxylic acids is 1. The summed E-state index contributed by atoms with van der Waals surface area (Å²) in [7, 11) is 0. The summed E-state index contributed by atoms with van der Waals surface area (Å²) in [6.45, 7) is 7.02. The van der Waals surface area contributed by atoms with E-state index in [4.69, 9.17) is 11.2 Å². The minimum Gasteiger partial charge on any atom is -0.444 e. The second-order valence-electron chi connectivity index (χ2n) is 5.29. The molecule has 1 aliphatic rings. The van der Waals surface area contributed by atoms with Crippen LogP contribution in [0.1, 0.15) is 40.0 Å². The molecule has 16 heavy (non-hydrogen) atoms. The molecule has 1 atom stereocenters. The van der Waals surface area contributed by atoms with E-state index < -0.39 is 5.60 Å². The van der Waals surface area contributed by atoms with Crippen molar-refractivity contribution in [3.8, 4) is 12.3 Å². The molecule has 0 spiro atoms. The second-order valence-corrected chi connectivity index (χ2v) is 5.29. The number of nitrogens with zero attached hydrogens (tertiary/aromatic N) is 1. The molecule has 1 amide bonds. The monoisotopic (exact) mass is 223 g/mol. The van der Waals surface area contributed by atoms with Crippen molar-refractivity contribution in [2.24, 2.45) is 5.92 Å². The van der Waals surface area contributed by atoms with Crippen LogP contribution >= 0.6 is 0 Å². The van der Waals surface area contributed by atoms with E-state index in [1.807, 2.05) is 20.8 Å². The summed E-state index contributed by atoms with van der Waals surface area (Å²) in [5.74, 6) is 2.92. The van der Waals surface area contributed by atoms with Gasteiger partial charge in [0.1, 0.15) is 5.60 Å². The Hall–Kier alpha value is -1.17. The summed E-state index contributed by atoms with van der Waals surface area (Å²) in [6, 6.07) is 0. The number of hydrogen-bond donors (Lipinski definition) is 0. The van der Waals surface area contributed by atoms with Gasteiger partial charge in [0.05, 0.1) is 0 Å². The highest BCUT2D eigenvalue weighted by Crippen LogP contribution is 2.18. The van der Waals surface area contributed by atoms with Crippen molar-refractivity contribution < 1.29 is 9.53 Å². The predicted molar refractivity (Wildman–Crippen MR) is 64.0 cm³/mol. The molecular weight excluding hydrogens is 202 g/mol. The van der Waals surface area contributed by atoms with Gasteiger partial charge in [-0.25, -0.2) is 4.79 Å². The third-order valence-electron chi connectivity index (χ3n) is 2.56. The number of terminal acetylenes is 1. The van der Waals surface area contributed by atoms with Crippen LogP contribution in [0, 0.1) is 18.3 Å². The van der Waals surface area contributed by atoms with E-state index in [2.05, 4.69) is 5.92 Å². The first-order valence-corrected chi connectivity index (χ1v) is 5.86. The predicted octanol–water partition coefficient (Wildman–Crippen LogP) is 2.66. The van der Waals surface area contributed by atoms with Gasteiger partial charge < -0.3 is 9.64 Å². The van der Waals surface area contributed by atoms with Crippen LogP contribution < -0.4 is 0 Å². The molecule has 1 fully saturated rings. The van der Waals surface area contributed by atoms with Gasteiger partial charge in [0, 0.05) is 19.0 Å². The van der Waals surface area contributed by atoms with Crippen LogP contribution in [0.2, 0.25) is 0 Å². The fraction of sp³-hybridized carbons (Fsp3) is 0.769. The number of hydrogen-bond acceptors (Lipinski definition) is 2. The van der Waals surface area contributed by atoms with Gasteiger partial charge in [0.15, 0.2) is 0 Å². The average Bonchev–Trinajstić information content (AvgIpc) is 2.39. The summed E-state index contributed by atoms with van der Waals surface area (Å²) in [6.07, 6.45) is 8.30. The Bertz CT molecular complexity index is 285. The highest BCUT2D eigenvalue weighted by molar-refractivity contribution is 5.68. The summed E-state index contributed by atoms with van der Waals surface area (Å²) in [5.41, 5.74) is -0.435. The molecule has 3 heteroatoms. The minimum atomic E-state index is -0.435. The minimum absolute atomic E-state index is 0.176. The lowest BCUT2D eigenvalue weighted by molar-refractivity contribution is 0.0245. The lowest BCUT2D eigenvalue weighted by Gasteiger charge is -2.27. The molecule has 90 valence electrons. The molecule has 1 rings (SSSR count). The van der Waals surface area contributed by atoms with Gasteiger partial charge in [-0.3, -0.25) is 0 Å². The first-order chi connectivity index (χ1) is 7.42. The maximum Gasteiger partial charge on any atom is 0.410 e. The fourth-order valence-electron chi connectivity index (χ4n) is 1.77. The molecule has 0 bridgehead atoms. The Morgan fingerprint density at radius 1 is 1.44 bits per heavy atom. The molecule has 0 unspecified atom stereocenters. The van der Waals surface area contributed by atoms with Gasteiger partial charge in [-0.15, -0.1) is 12.3 Å². The van der Waals surface area contributed by atoms with Crippen molar-refractivity contribution in [3.63, 3.8) is 0 Å². The Balaban J connectivity index is 2.57. The maximum absolute atomic E-state index is 11.9. The fourth-order valence-corrected chi connectivity index (χ4v) is 1.77. The largest absolute Gasteiger partial charge is 0.444 e. The third-order valence-corrected chi connectivity index (χ3v) is 2.56. The van der Waals surface area contributed by atoms with Crippen LogP contribution in [-0.2, 0) is 4.74 Å². The van der Waals surface area contributed by atoms with Gasteiger partial charge in [-0.2, -0.15) is 0 Å². The van der Waals surface area contributed by atoms with E-state index in [0.29, 0.717) is 6.54 Å². The molecule has 1 saturated heterocycles. The van der Waals surface area contributed by atoms with Crippen LogP contribution in [0.15, 0.2) is 0 Å². The molecule has 0 aromatic carbocycles. The molecule has 0 N–H and O–H groups in total. The summed E-state index contributed by atoms with van der Waals surface area (Å²) >= 11 is 0. The van der Waals surface area contributed by atoms with Gasteiger partial charge in [-0.1, -0.05) is 6.42 Å². The zero-order chi connectivity index (χ0) is 12.2. The van der Waals surface area contributed by atoms with E-state index in [1.165, 1.54) is 0 Å². The molecule has 1 heterocycles. The molecule has 0 aromatic heterocycles. The number of ether oxygens (including phenoxy) is 1. The van der Waals surface area contributed by atoms with Crippen molar-refractivity contribution in [2.75, 3.05) is 13.1 Å². The molecule has 0 saturated carbocycles. The lowest BCUT2D eigenvalue weighted by Crippen LogP contribution is -2.38. The van der Waals surface area contributed by atoms with Crippen LogP contribution in [-0.4, -0.2) is 29.7 Å². The summed E-state index contributed by atoms with van der Waals surface area (Å²) in [5, 5.41) is 0.